The van der Waals surface area contributed by atoms with Gasteiger partial charge in [-0.15, -0.1) is 0 Å². The summed E-state index contributed by atoms with van der Waals surface area (Å²) in [6, 6.07) is 6.75. The molecule has 2 saturated heterocycles. The first kappa shape index (κ1) is 16.4. The molecule has 1 aromatic rings. The number of likely N-dealkylation sites (tertiary alicyclic amines) is 1. The predicted molar refractivity (Wildman–Crippen MR) is 88.4 cm³/mol. The summed E-state index contributed by atoms with van der Waals surface area (Å²) in [5.74, 6) is 0.473. The lowest BCUT2D eigenvalue weighted by Gasteiger charge is -2.33. The molecule has 23 heavy (non-hydrogen) atoms. The molecule has 2 N–H and O–H groups in total. The molecule has 0 spiro atoms. The largest absolute Gasteiger partial charge is 0.354 e. The fourth-order valence-electron chi connectivity index (χ4n) is 3.59. The minimum Gasteiger partial charge on any atom is -0.354 e. The zero-order chi connectivity index (χ0) is 16.1. The standard InChI is InChI=1S/C18H26FN3O/c19-16-7-5-14(6-8-16)12-22-10-2-3-15(13-22)11-21-18(23)17-4-1-9-20-17/h5-8,15,17,20H,1-4,9-13H2,(H,21,23). The van der Waals surface area contributed by atoms with Gasteiger partial charge in [0, 0.05) is 19.6 Å². The van der Waals surface area contributed by atoms with Crippen LogP contribution in [-0.2, 0) is 11.3 Å². The van der Waals surface area contributed by atoms with Crippen molar-refractivity contribution in [3.05, 3.63) is 35.6 Å². The number of nitrogens with zero attached hydrogens (tertiary/aromatic N) is 1. The molecular formula is C18H26FN3O. The van der Waals surface area contributed by atoms with Crippen molar-refractivity contribution in [1.29, 1.82) is 0 Å². The molecule has 0 saturated carbocycles. The highest BCUT2D eigenvalue weighted by molar-refractivity contribution is 5.81. The smallest absolute Gasteiger partial charge is 0.237 e. The summed E-state index contributed by atoms with van der Waals surface area (Å²) in [5.41, 5.74) is 1.14. The van der Waals surface area contributed by atoms with Crippen LogP contribution in [0.5, 0.6) is 0 Å². The summed E-state index contributed by atoms with van der Waals surface area (Å²) in [6.45, 7) is 4.64. The number of hydrogen-bond acceptors (Lipinski definition) is 3. The van der Waals surface area contributed by atoms with E-state index in [1.807, 2.05) is 12.1 Å². The fourth-order valence-corrected chi connectivity index (χ4v) is 3.59. The van der Waals surface area contributed by atoms with Gasteiger partial charge in [-0.1, -0.05) is 12.1 Å². The molecule has 0 bridgehead atoms. The van der Waals surface area contributed by atoms with Crippen LogP contribution in [0.15, 0.2) is 24.3 Å². The molecule has 2 aliphatic heterocycles. The van der Waals surface area contributed by atoms with E-state index in [4.69, 9.17) is 0 Å². The van der Waals surface area contributed by atoms with Crippen LogP contribution < -0.4 is 10.6 Å². The molecule has 5 heteroatoms. The van der Waals surface area contributed by atoms with Gasteiger partial charge in [0.2, 0.25) is 5.91 Å². The normalized spacial score (nSPS) is 25.4. The van der Waals surface area contributed by atoms with Gasteiger partial charge in [-0.05, 0) is 62.4 Å². The van der Waals surface area contributed by atoms with Crippen molar-refractivity contribution < 1.29 is 9.18 Å². The third kappa shape index (κ3) is 4.75. The van der Waals surface area contributed by atoms with E-state index in [0.29, 0.717) is 5.92 Å². The number of nitrogens with one attached hydrogen (secondary N) is 2. The van der Waals surface area contributed by atoms with Crippen LogP contribution in [0.1, 0.15) is 31.2 Å². The maximum Gasteiger partial charge on any atom is 0.237 e. The molecule has 2 fully saturated rings. The van der Waals surface area contributed by atoms with Crippen molar-refractivity contribution in [1.82, 2.24) is 15.5 Å². The quantitative estimate of drug-likeness (QED) is 0.871. The minimum absolute atomic E-state index is 0.00825. The fraction of sp³-hybridized carbons (Fsp3) is 0.611. The number of rotatable bonds is 5. The van der Waals surface area contributed by atoms with E-state index < -0.39 is 0 Å². The maximum atomic E-state index is 13.0. The average molecular weight is 319 g/mol. The van der Waals surface area contributed by atoms with Gasteiger partial charge in [0.05, 0.1) is 6.04 Å². The number of benzene rings is 1. The molecule has 4 nitrogen and oxygen atoms in total. The Balaban J connectivity index is 1.44. The molecule has 2 heterocycles. The van der Waals surface area contributed by atoms with Crippen LogP contribution in [0.4, 0.5) is 4.39 Å². The van der Waals surface area contributed by atoms with E-state index in [1.165, 1.54) is 12.1 Å². The Morgan fingerprint density at radius 3 is 2.83 bits per heavy atom. The first-order valence-corrected chi connectivity index (χ1v) is 8.68. The molecule has 1 aromatic carbocycles. The van der Waals surface area contributed by atoms with E-state index in [2.05, 4.69) is 15.5 Å². The Kier molecular flexibility index (Phi) is 5.62. The lowest BCUT2D eigenvalue weighted by molar-refractivity contribution is -0.123. The average Bonchev–Trinajstić information content (AvgIpc) is 3.10. The van der Waals surface area contributed by atoms with E-state index in [1.54, 1.807) is 0 Å². The highest BCUT2D eigenvalue weighted by Gasteiger charge is 2.24. The van der Waals surface area contributed by atoms with Gasteiger partial charge in [-0.25, -0.2) is 4.39 Å². The Bertz CT molecular complexity index is 514. The molecule has 0 aromatic heterocycles. The van der Waals surface area contributed by atoms with E-state index in [9.17, 15) is 9.18 Å². The van der Waals surface area contributed by atoms with Crippen LogP contribution in [0.2, 0.25) is 0 Å². The number of carbonyl (C=O) groups is 1. The highest BCUT2D eigenvalue weighted by Crippen LogP contribution is 2.18. The van der Waals surface area contributed by atoms with Crippen LogP contribution in [0.25, 0.3) is 0 Å². The highest BCUT2D eigenvalue weighted by atomic mass is 19.1. The van der Waals surface area contributed by atoms with E-state index in [0.717, 1.165) is 64.0 Å². The second-order valence-electron chi connectivity index (χ2n) is 6.76. The number of carbonyl (C=O) groups excluding carboxylic acids is 1. The summed E-state index contributed by atoms with van der Waals surface area (Å²) >= 11 is 0. The number of halogens is 1. The monoisotopic (exact) mass is 319 g/mol. The van der Waals surface area contributed by atoms with Gasteiger partial charge in [0.1, 0.15) is 5.82 Å². The molecule has 0 aliphatic carbocycles. The zero-order valence-electron chi connectivity index (χ0n) is 13.6. The second kappa shape index (κ2) is 7.88. The van der Waals surface area contributed by atoms with Gasteiger partial charge in [-0.3, -0.25) is 9.69 Å². The summed E-state index contributed by atoms with van der Waals surface area (Å²) in [5, 5.41) is 6.35. The third-order valence-electron chi connectivity index (χ3n) is 4.86. The van der Waals surface area contributed by atoms with Gasteiger partial charge in [-0.2, -0.15) is 0 Å². The molecule has 2 atom stereocenters. The van der Waals surface area contributed by atoms with Crippen molar-refractivity contribution >= 4 is 5.91 Å². The van der Waals surface area contributed by atoms with Crippen molar-refractivity contribution in [3.63, 3.8) is 0 Å². The van der Waals surface area contributed by atoms with E-state index >= 15 is 0 Å². The summed E-state index contributed by atoms with van der Waals surface area (Å²) in [4.78, 5) is 14.5. The van der Waals surface area contributed by atoms with Gasteiger partial charge < -0.3 is 10.6 Å². The molecule has 0 radical (unpaired) electrons. The van der Waals surface area contributed by atoms with Crippen LogP contribution in [-0.4, -0.2) is 43.0 Å². The van der Waals surface area contributed by atoms with Crippen molar-refractivity contribution in [2.75, 3.05) is 26.2 Å². The topological polar surface area (TPSA) is 44.4 Å². The summed E-state index contributed by atoms with van der Waals surface area (Å²) in [7, 11) is 0. The van der Waals surface area contributed by atoms with E-state index in [-0.39, 0.29) is 17.8 Å². The van der Waals surface area contributed by atoms with Gasteiger partial charge in [0.25, 0.3) is 0 Å². The Labute approximate surface area is 137 Å². The van der Waals surface area contributed by atoms with Crippen molar-refractivity contribution in [2.24, 2.45) is 5.92 Å². The second-order valence-corrected chi connectivity index (χ2v) is 6.76. The molecule has 2 aliphatic rings. The van der Waals surface area contributed by atoms with Gasteiger partial charge in [0.15, 0.2) is 0 Å². The first-order chi connectivity index (χ1) is 11.2. The molecule has 2 unspecified atom stereocenters. The lowest BCUT2D eigenvalue weighted by Crippen LogP contribution is -2.45. The lowest BCUT2D eigenvalue weighted by atomic mass is 9.97. The minimum atomic E-state index is -0.187. The first-order valence-electron chi connectivity index (χ1n) is 8.68. The number of amides is 1. The van der Waals surface area contributed by atoms with Gasteiger partial charge >= 0.3 is 0 Å². The molecule has 3 rings (SSSR count). The SMILES string of the molecule is O=C(NCC1CCCN(Cc2ccc(F)cc2)C1)C1CCCN1. The maximum absolute atomic E-state index is 13.0. The zero-order valence-corrected chi connectivity index (χ0v) is 13.6. The van der Waals surface area contributed by atoms with Crippen molar-refractivity contribution in [3.8, 4) is 0 Å². The molecule has 1 amide bonds. The predicted octanol–water partition coefficient (Wildman–Crippen LogP) is 1.91. The number of hydrogen-bond donors (Lipinski definition) is 2. The Morgan fingerprint density at radius 2 is 2.09 bits per heavy atom. The van der Waals surface area contributed by atoms with Crippen LogP contribution >= 0.6 is 0 Å². The number of piperidine rings is 1. The third-order valence-corrected chi connectivity index (χ3v) is 4.86. The summed E-state index contributed by atoms with van der Waals surface area (Å²) < 4.78 is 13.0. The van der Waals surface area contributed by atoms with Crippen LogP contribution in [0, 0.1) is 11.7 Å². The molecule has 126 valence electrons. The Morgan fingerprint density at radius 1 is 1.26 bits per heavy atom. The van der Waals surface area contributed by atoms with Crippen molar-refractivity contribution in [2.45, 2.75) is 38.3 Å². The summed E-state index contributed by atoms with van der Waals surface area (Å²) in [6.07, 6.45) is 4.36. The van der Waals surface area contributed by atoms with Crippen LogP contribution in [0.3, 0.4) is 0 Å². The molecular weight excluding hydrogens is 293 g/mol. The Hall–Kier alpha value is -1.46.